The molecule has 1 saturated carbocycles. The number of likely N-dealkylation sites (tertiary alicyclic amines) is 2. The van der Waals surface area contributed by atoms with Gasteiger partial charge in [0, 0.05) is 44.3 Å². The lowest BCUT2D eigenvalue weighted by Gasteiger charge is -2.34. The molecule has 24 heavy (non-hydrogen) atoms. The molecular formula is C17H23N5O2. The molecule has 1 aromatic heterocycles. The fraction of sp³-hybridized carbons (Fsp3) is 0.647. The van der Waals surface area contributed by atoms with Gasteiger partial charge in [0.25, 0.3) is 0 Å². The van der Waals surface area contributed by atoms with Gasteiger partial charge in [0.15, 0.2) is 0 Å². The predicted octanol–water partition coefficient (Wildman–Crippen LogP) is 0.890. The van der Waals surface area contributed by atoms with E-state index in [9.17, 15) is 9.59 Å². The van der Waals surface area contributed by atoms with Gasteiger partial charge >= 0.3 is 0 Å². The van der Waals surface area contributed by atoms with Crippen LogP contribution in [0.4, 0.5) is 5.82 Å². The maximum atomic E-state index is 12.7. The summed E-state index contributed by atoms with van der Waals surface area (Å²) in [7, 11) is 0. The first-order valence-corrected chi connectivity index (χ1v) is 8.83. The molecule has 3 fully saturated rings. The minimum absolute atomic E-state index is 0.136. The summed E-state index contributed by atoms with van der Waals surface area (Å²) in [4.78, 5) is 28.6. The Balaban J connectivity index is 1.28. The Labute approximate surface area is 141 Å². The van der Waals surface area contributed by atoms with Gasteiger partial charge in [-0.3, -0.25) is 9.59 Å². The highest BCUT2D eigenvalue weighted by Gasteiger charge is 2.43. The van der Waals surface area contributed by atoms with Crippen LogP contribution in [0.3, 0.4) is 0 Å². The van der Waals surface area contributed by atoms with Crippen molar-refractivity contribution < 1.29 is 9.59 Å². The number of nitrogens with zero attached hydrogens (tertiary/aromatic N) is 4. The van der Waals surface area contributed by atoms with Crippen LogP contribution in [-0.2, 0) is 9.59 Å². The molecule has 2 amide bonds. The van der Waals surface area contributed by atoms with Gasteiger partial charge in [-0.05, 0) is 37.8 Å². The number of rotatable bonds is 4. The largest absolute Gasteiger partial charge is 0.366 e. The number of anilines is 1. The van der Waals surface area contributed by atoms with Crippen LogP contribution in [0, 0.1) is 5.92 Å². The van der Waals surface area contributed by atoms with E-state index in [-0.39, 0.29) is 17.7 Å². The first-order chi connectivity index (χ1) is 11.7. The number of amides is 2. The standard InChI is InChI=1S/C17H23N5O2/c23-16-10-12(11-22(16)14-3-4-14)17(24)21-8-5-13(6-9-21)19-15-2-1-7-18-20-15/h1-2,7,12-14H,3-6,8-11H2,(H,19,20). The number of piperidine rings is 1. The lowest BCUT2D eigenvalue weighted by Crippen LogP contribution is -2.45. The van der Waals surface area contributed by atoms with Crippen molar-refractivity contribution in [2.24, 2.45) is 5.92 Å². The zero-order valence-electron chi connectivity index (χ0n) is 13.7. The van der Waals surface area contributed by atoms with Crippen LogP contribution in [0.1, 0.15) is 32.1 Å². The summed E-state index contributed by atoms with van der Waals surface area (Å²) >= 11 is 0. The molecule has 2 saturated heterocycles. The average Bonchev–Trinajstić information content (AvgIpc) is 3.38. The van der Waals surface area contributed by atoms with E-state index < -0.39 is 0 Å². The summed E-state index contributed by atoms with van der Waals surface area (Å²) in [6, 6.07) is 4.49. The number of nitrogens with one attached hydrogen (secondary N) is 1. The van der Waals surface area contributed by atoms with Crippen molar-refractivity contribution >= 4 is 17.6 Å². The van der Waals surface area contributed by atoms with Crippen molar-refractivity contribution in [3.8, 4) is 0 Å². The van der Waals surface area contributed by atoms with E-state index in [1.165, 1.54) is 0 Å². The minimum Gasteiger partial charge on any atom is -0.366 e. The van der Waals surface area contributed by atoms with Gasteiger partial charge in [-0.25, -0.2) is 0 Å². The second-order valence-electron chi connectivity index (χ2n) is 7.03. The molecule has 7 heteroatoms. The second-order valence-corrected chi connectivity index (χ2v) is 7.03. The average molecular weight is 329 g/mol. The monoisotopic (exact) mass is 329 g/mol. The van der Waals surface area contributed by atoms with Gasteiger partial charge in [-0.2, -0.15) is 5.10 Å². The van der Waals surface area contributed by atoms with Crippen molar-refractivity contribution in [2.75, 3.05) is 25.0 Å². The summed E-state index contributed by atoms with van der Waals surface area (Å²) in [6.07, 6.45) is 6.05. The first kappa shape index (κ1) is 15.4. The predicted molar refractivity (Wildman–Crippen MR) is 88.1 cm³/mol. The number of carbonyl (C=O) groups is 2. The number of aromatic nitrogens is 2. The van der Waals surface area contributed by atoms with E-state index in [0.29, 0.717) is 25.0 Å². The maximum absolute atomic E-state index is 12.7. The highest BCUT2D eigenvalue weighted by atomic mass is 16.2. The third-order valence-corrected chi connectivity index (χ3v) is 5.23. The Morgan fingerprint density at radius 1 is 1.21 bits per heavy atom. The molecule has 1 atom stereocenters. The van der Waals surface area contributed by atoms with Crippen LogP contribution >= 0.6 is 0 Å². The Hall–Kier alpha value is -2.18. The molecular weight excluding hydrogens is 306 g/mol. The third-order valence-electron chi connectivity index (χ3n) is 5.23. The summed E-state index contributed by atoms with van der Waals surface area (Å²) < 4.78 is 0. The maximum Gasteiger partial charge on any atom is 0.227 e. The van der Waals surface area contributed by atoms with Crippen LogP contribution in [-0.4, -0.2) is 63.5 Å². The molecule has 4 rings (SSSR count). The van der Waals surface area contributed by atoms with Crippen molar-refractivity contribution in [1.29, 1.82) is 0 Å². The van der Waals surface area contributed by atoms with Gasteiger partial charge in [-0.15, -0.1) is 5.10 Å². The molecule has 0 aromatic carbocycles. The molecule has 2 aliphatic heterocycles. The molecule has 3 heterocycles. The Morgan fingerprint density at radius 2 is 2.00 bits per heavy atom. The molecule has 0 radical (unpaired) electrons. The minimum atomic E-state index is -0.136. The van der Waals surface area contributed by atoms with E-state index in [1.807, 2.05) is 21.9 Å². The molecule has 1 unspecified atom stereocenters. The molecule has 1 N–H and O–H groups in total. The summed E-state index contributed by atoms with van der Waals surface area (Å²) in [5.41, 5.74) is 0. The fourth-order valence-corrected chi connectivity index (χ4v) is 3.73. The number of hydrogen-bond acceptors (Lipinski definition) is 5. The molecule has 1 aliphatic carbocycles. The van der Waals surface area contributed by atoms with E-state index in [4.69, 9.17) is 0 Å². The molecule has 3 aliphatic rings. The van der Waals surface area contributed by atoms with Gasteiger partial charge in [0.2, 0.25) is 11.8 Å². The van der Waals surface area contributed by atoms with Crippen LogP contribution in [0.25, 0.3) is 0 Å². The van der Waals surface area contributed by atoms with E-state index >= 15 is 0 Å². The summed E-state index contributed by atoms with van der Waals surface area (Å²) in [5.74, 6) is 0.964. The Morgan fingerprint density at radius 3 is 2.67 bits per heavy atom. The van der Waals surface area contributed by atoms with Crippen molar-refractivity contribution in [3.05, 3.63) is 18.3 Å². The highest BCUT2D eigenvalue weighted by molar-refractivity contribution is 5.89. The van der Waals surface area contributed by atoms with E-state index in [1.54, 1.807) is 6.20 Å². The van der Waals surface area contributed by atoms with Gasteiger partial charge in [0.05, 0.1) is 5.92 Å². The fourth-order valence-electron chi connectivity index (χ4n) is 3.73. The molecule has 0 spiro atoms. The van der Waals surface area contributed by atoms with Crippen molar-refractivity contribution in [2.45, 2.75) is 44.2 Å². The normalized spacial score (nSPS) is 25.2. The molecule has 1 aromatic rings. The van der Waals surface area contributed by atoms with Crippen molar-refractivity contribution in [3.63, 3.8) is 0 Å². The number of carbonyl (C=O) groups excluding carboxylic acids is 2. The molecule has 128 valence electrons. The highest BCUT2D eigenvalue weighted by Crippen LogP contribution is 2.33. The quantitative estimate of drug-likeness (QED) is 0.887. The van der Waals surface area contributed by atoms with Crippen LogP contribution < -0.4 is 5.32 Å². The van der Waals surface area contributed by atoms with Gasteiger partial charge in [0.1, 0.15) is 5.82 Å². The summed E-state index contributed by atoms with van der Waals surface area (Å²) in [6.45, 7) is 2.11. The van der Waals surface area contributed by atoms with Crippen LogP contribution in [0.15, 0.2) is 18.3 Å². The van der Waals surface area contributed by atoms with Gasteiger partial charge < -0.3 is 15.1 Å². The van der Waals surface area contributed by atoms with E-state index in [2.05, 4.69) is 15.5 Å². The van der Waals surface area contributed by atoms with Crippen molar-refractivity contribution in [1.82, 2.24) is 20.0 Å². The zero-order valence-corrected chi connectivity index (χ0v) is 13.7. The van der Waals surface area contributed by atoms with Crippen LogP contribution in [0.5, 0.6) is 0 Å². The van der Waals surface area contributed by atoms with E-state index in [0.717, 1.165) is 44.6 Å². The zero-order chi connectivity index (χ0) is 16.5. The Bertz CT molecular complexity index is 611. The SMILES string of the molecule is O=C(C1CC(=O)N(C2CC2)C1)N1CCC(Nc2cccnn2)CC1. The molecule has 7 nitrogen and oxygen atoms in total. The smallest absolute Gasteiger partial charge is 0.227 e. The topological polar surface area (TPSA) is 78.4 Å². The second kappa shape index (κ2) is 6.37. The summed E-state index contributed by atoms with van der Waals surface area (Å²) in [5, 5.41) is 11.3. The van der Waals surface area contributed by atoms with Gasteiger partial charge in [-0.1, -0.05) is 0 Å². The van der Waals surface area contributed by atoms with Crippen LogP contribution in [0.2, 0.25) is 0 Å². The number of hydrogen-bond donors (Lipinski definition) is 1. The molecule has 0 bridgehead atoms. The third kappa shape index (κ3) is 3.20. The Kier molecular flexibility index (Phi) is 4.08. The lowest BCUT2D eigenvalue weighted by atomic mass is 10.0. The first-order valence-electron chi connectivity index (χ1n) is 8.83. The lowest BCUT2D eigenvalue weighted by molar-refractivity contribution is -0.136.